The predicted octanol–water partition coefficient (Wildman–Crippen LogP) is 2.26. The van der Waals surface area contributed by atoms with Gasteiger partial charge in [0.25, 0.3) is 5.91 Å². The molecule has 23 heavy (non-hydrogen) atoms. The fraction of sp³-hybridized carbons (Fsp3) is 0.438. The Hall–Kier alpha value is -2.15. The molecule has 0 radical (unpaired) electrons. The average molecular weight is 332 g/mol. The van der Waals surface area contributed by atoms with Crippen molar-refractivity contribution in [1.82, 2.24) is 15.3 Å². The lowest BCUT2D eigenvalue weighted by Crippen LogP contribution is -2.27. The summed E-state index contributed by atoms with van der Waals surface area (Å²) in [6, 6.07) is 5.54. The number of carbonyl (C=O) groups is 1. The summed E-state index contributed by atoms with van der Waals surface area (Å²) < 4.78 is 5.67. The topological polar surface area (TPSA) is 67.3 Å². The van der Waals surface area contributed by atoms with E-state index in [9.17, 15) is 4.79 Å². The highest BCUT2D eigenvalue weighted by molar-refractivity contribution is 7.12. The molecule has 0 aliphatic carbocycles. The molecule has 2 aromatic rings. The molecule has 0 saturated carbocycles. The maximum Gasteiger partial charge on any atom is 0.261 e. The first kappa shape index (κ1) is 15.7. The summed E-state index contributed by atoms with van der Waals surface area (Å²) in [6.07, 6.45) is 2.40. The second-order valence-electron chi connectivity index (χ2n) is 5.39. The van der Waals surface area contributed by atoms with Gasteiger partial charge in [-0.2, -0.15) is 4.98 Å². The molecule has 1 saturated heterocycles. The van der Waals surface area contributed by atoms with Crippen molar-refractivity contribution in [2.75, 3.05) is 31.1 Å². The minimum absolute atomic E-state index is 0.0692. The van der Waals surface area contributed by atoms with Crippen LogP contribution in [0.3, 0.4) is 0 Å². The molecule has 1 aliphatic heterocycles. The van der Waals surface area contributed by atoms with Crippen LogP contribution in [0.4, 0.5) is 5.82 Å². The highest BCUT2D eigenvalue weighted by atomic mass is 32.1. The number of thiophene rings is 1. The number of aryl methyl sites for hydroxylation is 1. The lowest BCUT2D eigenvalue weighted by Gasteiger charge is -2.17. The standard InChI is InChI=1S/C16H20N4O2S/c1-12-18-14(20-7-2-3-8-20)11-15(19-12)22-9-6-17-16(21)13-5-4-10-23-13/h4-5,10-11H,2-3,6-9H2,1H3,(H,17,21). The largest absolute Gasteiger partial charge is 0.476 e. The second kappa shape index (κ2) is 7.41. The van der Waals surface area contributed by atoms with Gasteiger partial charge in [-0.3, -0.25) is 4.79 Å². The van der Waals surface area contributed by atoms with Crippen LogP contribution in [0.25, 0.3) is 0 Å². The van der Waals surface area contributed by atoms with Gasteiger partial charge in [0.15, 0.2) is 0 Å². The Kier molecular flexibility index (Phi) is 5.07. The zero-order chi connectivity index (χ0) is 16.1. The van der Waals surface area contributed by atoms with E-state index in [1.54, 1.807) is 6.07 Å². The molecule has 3 heterocycles. The Bertz CT molecular complexity index is 654. The lowest BCUT2D eigenvalue weighted by molar-refractivity contribution is 0.0950. The van der Waals surface area contributed by atoms with Crippen molar-refractivity contribution in [3.05, 3.63) is 34.3 Å². The molecule has 1 aliphatic rings. The number of nitrogens with one attached hydrogen (secondary N) is 1. The van der Waals surface area contributed by atoms with Crippen molar-refractivity contribution in [3.8, 4) is 5.88 Å². The third-order valence-electron chi connectivity index (χ3n) is 3.61. The smallest absolute Gasteiger partial charge is 0.261 e. The van der Waals surface area contributed by atoms with Crippen LogP contribution < -0.4 is 15.0 Å². The van der Waals surface area contributed by atoms with Crippen LogP contribution in [-0.4, -0.2) is 42.1 Å². The molecule has 0 bridgehead atoms. The summed E-state index contributed by atoms with van der Waals surface area (Å²) in [5.41, 5.74) is 0. The molecule has 1 amide bonds. The third kappa shape index (κ3) is 4.19. The number of anilines is 1. The number of ether oxygens (including phenoxy) is 1. The molecule has 0 atom stereocenters. The summed E-state index contributed by atoms with van der Waals surface area (Å²) in [7, 11) is 0. The van der Waals surface area contributed by atoms with Crippen molar-refractivity contribution < 1.29 is 9.53 Å². The van der Waals surface area contributed by atoms with Gasteiger partial charge in [-0.25, -0.2) is 4.98 Å². The van der Waals surface area contributed by atoms with Crippen LogP contribution in [-0.2, 0) is 0 Å². The van der Waals surface area contributed by atoms with Gasteiger partial charge in [-0.05, 0) is 31.2 Å². The minimum Gasteiger partial charge on any atom is -0.476 e. The number of nitrogens with zero attached hydrogens (tertiary/aromatic N) is 3. The van der Waals surface area contributed by atoms with Gasteiger partial charge >= 0.3 is 0 Å². The monoisotopic (exact) mass is 332 g/mol. The van der Waals surface area contributed by atoms with E-state index in [0.717, 1.165) is 18.9 Å². The summed E-state index contributed by atoms with van der Waals surface area (Å²) in [6.45, 7) is 4.76. The summed E-state index contributed by atoms with van der Waals surface area (Å²) >= 11 is 1.42. The highest BCUT2D eigenvalue weighted by Gasteiger charge is 2.15. The number of rotatable bonds is 6. The van der Waals surface area contributed by atoms with Gasteiger partial charge in [0.2, 0.25) is 5.88 Å². The quantitative estimate of drug-likeness (QED) is 0.822. The molecule has 3 rings (SSSR count). The Morgan fingerprint density at radius 1 is 1.39 bits per heavy atom. The molecule has 122 valence electrons. The first-order valence-electron chi connectivity index (χ1n) is 7.77. The third-order valence-corrected chi connectivity index (χ3v) is 4.48. The van der Waals surface area contributed by atoms with E-state index >= 15 is 0 Å². The predicted molar refractivity (Wildman–Crippen MR) is 90.4 cm³/mol. The maximum absolute atomic E-state index is 11.8. The van der Waals surface area contributed by atoms with Crippen LogP contribution in [0.15, 0.2) is 23.6 Å². The van der Waals surface area contributed by atoms with Crippen LogP contribution in [0.5, 0.6) is 5.88 Å². The SMILES string of the molecule is Cc1nc(OCCNC(=O)c2cccs2)cc(N2CCCC2)n1. The van der Waals surface area contributed by atoms with Crippen LogP contribution in [0, 0.1) is 6.92 Å². The maximum atomic E-state index is 11.8. The Balaban J connectivity index is 1.51. The second-order valence-corrected chi connectivity index (χ2v) is 6.34. The molecule has 7 heteroatoms. The van der Waals surface area contributed by atoms with Crippen LogP contribution in [0.2, 0.25) is 0 Å². The summed E-state index contributed by atoms with van der Waals surface area (Å²) in [5, 5.41) is 4.72. The van der Waals surface area contributed by atoms with Crippen LogP contribution in [0.1, 0.15) is 28.3 Å². The van der Waals surface area contributed by atoms with E-state index in [1.165, 1.54) is 24.2 Å². The first-order valence-corrected chi connectivity index (χ1v) is 8.65. The summed E-state index contributed by atoms with van der Waals surface area (Å²) in [4.78, 5) is 23.5. The van der Waals surface area contributed by atoms with E-state index in [2.05, 4.69) is 20.2 Å². The lowest BCUT2D eigenvalue weighted by atomic mass is 10.4. The van der Waals surface area contributed by atoms with Crippen molar-refractivity contribution in [2.24, 2.45) is 0 Å². The molecule has 0 aromatic carbocycles. The van der Waals surface area contributed by atoms with Gasteiger partial charge in [0.1, 0.15) is 18.2 Å². The number of hydrogen-bond acceptors (Lipinski definition) is 6. The molecular formula is C16H20N4O2S. The Morgan fingerprint density at radius 3 is 2.96 bits per heavy atom. The van der Waals surface area contributed by atoms with E-state index < -0.39 is 0 Å². The molecule has 1 N–H and O–H groups in total. The highest BCUT2D eigenvalue weighted by Crippen LogP contribution is 2.21. The van der Waals surface area contributed by atoms with Gasteiger partial charge in [0, 0.05) is 19.2 Å². The average Bonchev–Trinajstić information content (AvgIpc) is 3.23. The van der Waals surface area contributed by atoms with Crippen molar-refractivity contribution in [1.29, 1.82) is 0 Å². The summed E-state index contributed by atoms with van der Waals surface area (Å²) in [5.74, 6) is 2.12. The van der Waals surface area contributed by atoms with Crippen molar-refractivity contribution >= 4 is 23.1 Å². The fourth-order valence-electron chi connectivity index (χ4n) is 2.52. The van der Waals surface area contributed by atoms with E-state index in [0.29, 0.717) is 29.7 Å². The molecule has 1 fully saturated rings. The van der Waals surface area contributed by atoms with E-state index in [4.69, 9.17) is 4.74 Å². The molecule has 6 nitrogen and oxygen atoms in total. The number of carbonyl (C=O) groups excluding carboxylic acids is 1. The molecule has 2 aromatic heterocycles. The van der Waals surface area contributed by atoms with E-state index in [1.807, 2.05) is 24.4 Å². The van der Waals surface area contributed by atoms with Crippen LogP contribution >= 0.6 is 11.3 Å². The normalized spacial score (nSPS) is 14.0. The fourth-order valence-corrected chi connectivity index (χ4v) is 3.16. The number of aromatic nitrogens is 2. The number of amides is 1. The first-order chi connectivity index (χ1) is 11.2. The minimum atomic E-state index is -0.0692. The molecule has 0 unspecified atom stereocenters. The Morgan fingerprint density at radius 2 is 2.22 bits per heavy atom. The van der Waals surface area contributed by atoms with Crippen molar-refractivity contribution in [2.45, 2.75) is 19.8 Å². The Labute approximate surface area is 139 Å². The van der Waals surface area contributed by atoms with E-state index in [-0.39, 0.29) is 5.91 Å². The number of hydrogen-bond donors (Lipinski definition) is 1. The zero-order valence-corrected chi connectivity index (χ0v) is 13.9. The molecular weight excluding hydrogens is 312 g/mol. The van der Waals surface area contributed by atoms with Gasteiger partial charge in [0.05, 0.1) is 11.4 Å². The molecule has 0 spiro atoms. The van der Waals surface area contributed by atoms with Gasteiger partial charge < -0.3 is 15.0 Å². The van der Waals surface area contributed by atoms with Gasteiger partial charge in [-0.1, -0.05) is 6.07 Å². The van der Waals surface area contributed by atoms with Crippen molar-refractivity contribution in [3.63, 3.8) is 0 Å². The van der Waals surface area contributed by atoms with Gasteiger partial charge in [-0.15, -0.1) is 11.3 Å². The zero-order valence-electron chi connectivity index (χ0n) is 13.1.